The Labute approximate surface area is 164 Å². The van der Waals surface area contributed by atoms with E-state index >= 15 is 0 Å². The van der Waals surface area contributed by atoms with E-state index in [-0.39, 0.29) is 23.8 Å². The van der Waals surface area contributed by atoms with Crippen molar-refractivity contribution < 1.29 is 17.6 Å². The molecule has 0 heterocycles. The highest BCUT2D eigenvalue weighted by atomic mass is 32.2. The largest absolute Gasteiger partial charge is 0.354 e. The Balaban J connectivity index is 1.82. The van der Waals surface area contributed by atoms with Crippen LogP contribution in [0, 0.1) is 5.82 Å². The highest BCUT2D eigenvalue weighted by Crippen LogP contribution is 2.28. The minimum absolute atomic E-state index is 0.0139. The summed E-state index contributed by atoms with van der Waals surface area (Å²) in [5.41, 5.74) is 1.41. The summed E-state index contributed by atoms with van der Waals surface area (Å²) in [5, 5.41) is 1.75. The zero-order chi connectivity index (χ0) is 20.0. The molecule has 3 aromatic carbocycles. The maximum Gasteiger partial charge on any atom is 0.224 e. The highest BCUT2D eigenvalue weighted by Gasteiger charge is 2.29. The van der Waals surface area contributed by atoms with E-state index in [2.05, 4.69) is 5.32 Å². The fourth-order valence-corrected chi connectivity index (χ4v) is 4.58. The number of nitrogens with one attached hydrogen (secondary N) is 1. The number of amides is 1. The van der Waals surface area contributed by atoms with E-state index < -0.39 is 20.9 Å². The molecule has 0 aliphatic carbocycles. The molecule has 1 N–H and O–H groups in total. The van der Waals surface area contributed by atoms with Crippen molar-refractivity contribution in [3.8, 4) is 0 Å². The van der Waals surface area contributed by atoms with Gasteiger partial charge in [0.1, 0.15) is 11.1 Å². The number of carbonyl (C=O) groups is 1. The van der Waals surface area contributed by atoms with Crippen molar-refractivity contribution in [2.24, 2.45) is 0 Å². The van der Waals surface area contributed by atoms with Crippen LogP contribution < -0.4 is 5.32 Å². The van der Waals surface area contributed by atoms with Crippen molar-refractivity contribution in [2.45, 2.75) is 16.6 Å². The molecule has 0 aliphatic rings. The topological polar surface area (TPSA) is 63.2 Å². The van der Waals surface area contributed by atoms with Gasteiger partial charge in [-0.15, -0.1) is 0 Å². The molecule has 0 saturated heterocycles. The van der Waals surface area contributed by atoms with Gasteiger partial charge in [0.15, 0.2) is 9.84 Å². The van der Waals surface area contributed by atoms with E-state index in [1.54, 1.807) is 30.3 Å². The molecule has 3 aromatic rings. The molecule has 1 unspecified atom stereocenters. The Kier molecular flexibility index (Phi) is 6.21. The van der Waals surface area contributed by atoms with Gasteiger partial charge in [0, 0.05) is 6.54 Å². The number of rotatable bonds is 7. The fraction of sp³-hybridized carbons (Fsp3) is 0.136. The van der Waals surface area contributed by atoms with Crippen LogP contribution in [0.3, 0.4) is 0 Å². The summed E-state index contributed by atoms with van der Waals surface area (Å²) in [6.07, 6.45) is 0.166. The molecule has 6 heteroatoms. The van der Waals surface area contributed by atoms with Crippen LogP contribution in [-0.4, -0.2) is 20.9 Å². The normalized spacial score (nSPS) is 12.3. The summed E-state index contributed by atoms with van der Waals surface area (Å²) >= 11 is 0. The smallest absolute Gasteiger partial charge is 0.224 e. The number of halogens is 1. The minimum Gasteiger partial charge on any atom is -0.354 e. The molecular weight excluding hydrogens is 377 g/mol. The molecule has 0 aromatic heterocycles. The van der Waals surface area contributed by atoms with E-state index in [0.717, 1.165) is 17.7 Å². The summed E-state index contributed by atoms with van der Waals surface area (Å²) < 4.78 is 39.5. The molecule has 0 radical (unpaired) electrons. The average molecular weight is 397 g/mol. The predicted octanol–water partition coefficient (Wildman–Crippen LogP) is 3.70. The third-order valence-corrected chi connectivity index (χ3v) is 6.50. The summed E-state index contributed by atoms with van der Waals surface area (Å²) in [6, 6.07) is 22.6. The van der Waals surface area contributed by atoms with E-state index in [1.807, 2.05) is 30.3 Å². The first kappa shape index (κ1) is 19.8. The van der Waals surface area contributed by atoms with E-state index in [4.69, 9.17) is 0 Å². The first-order valence-corrected chi connectivity index (χ1v) is 10.4. The molecule has 28 heavy (non-hydrogen) atoms. The lowest BCUT2D eigenvalue weighted by Crippen LogP contribution is -2.32. The molecule has 0 aliphatic heterocycles. The summed E-state index contributed by atoms with van der Waals surface area (Å²) in [5.74, 6) is -0.771. The van der Waals surface area contributed by atoms with Crippen LogP contribution in [0.1, 0.15) is 16.4 Å². The van der Waals surface area contributed by atoms with Crippen molar-refractivity contribution in [3.63, 3.8) is 0 Å². The predicted molar refractivity (Wildman–Crippen MR) is 106 cm³/mol. The Morgan fingerprint density at radius 3 is 2.04 bits per heavy atom. The first-order valence-electron chi connectivity index (χ1n) is 8.82. The lowest BCUT2D eigenvalue weighted by Gasteiger charge is -2.19. The van der Waals surface area contributed by atoms with Gasteiger partial charge in [0.25, 0.3) is 0 Å². The Morgan fingerprint density at radius 1 is 0.857 bits per heavy atom. The van der Waals surface area contributed by atoms with Crippen LogP contribution in [-0.2, 0) is 21.1 Å². The molecule has 1 amide bonds. The fourth-order valence-electron chi connectivity index (χ4n) is 2.91. The van der Waals surface area contributed by atoms with Crippen LogP contribution in [0.25, 0.3) is 0 Å². The summed E-state index contributed by atoms with van der Waals surface area (Å²) in [4.78, 5) is 12.3. The summed E-state index contributed by atoms with van der Waals surface area (Å²) in [6.45, 7) is -0.0740. The Bertz CT molecular complexity index is 1020. The van der Waals surface area contributed by atoms with Crippen LogP contribution in [0.2, 0.25) is 0 Å². The monoisotopic (exact) mass is 397 g/mol. The second kappa shape index (κ2) is 8.80. The highest BCUT2D eigenvalue weighted by molar-refractivity contribution is 7.91. The van der Waals surface area contributed by atoms with Gasteiger partial charge >= 0.3 is 0 Å². The molecule has 3 rings (SSSR count). The Hall–Kier alpha value is -2.99. The third kappa shape index (κ3) is 4.84. The minimum atomic E-state index is -3.82. The van der Waals surface area contributed by atoms with Gasteiger partial charge in [-0.2, -0.15) is 0 Å². The van der Waals surface area contributed by atoms with Gasteiger partial charge in [0.2, 0.25) is 5.91 Å². The second-order valence-corrected chi connectivity index (χ2v) is 8.50. The standard InChI is InChI=1S/C22H20FNO3S/c23-19-11-13-20(14-12-19)28(26,27)21(18-9-5-2-6-10-18)16-24-22(25)15-17-7-3-1-4-8-17/h1-14,21H,15-16H2,(H,24,25). The zero-order valence-corrected chi connectivity index (χ0v) is 15.9. The van der Waals surface area contributed by atoms with Crippen molar-refractivity contribution in [1.82, 2.24) is 5.32 Å². The third-order valence-electron chi connectivity index (χ3n) is 4.38. The second-order valence-electron chi connectivity index (χ2n) is 6.36. The quantitative estimate of drug-likeness (QED) is 0.619. The van der Waals surface area contributed by atoms with E-state index in [0.29, 0.717) is 5.56 Å². The van der Waals surface area contributed by atoms with E-state index in [1.165, 1.54) is 12.1 Å². The number of carbonyl (C=O) groups excluding carboxylic acids is 1. The van der Waals surface area contributed by atoms with Crippen molar-refractivity contribution in [3.05, 3.63) is 102 Å². The number of hydrogen-bond donors (Lipinski definition) is 1. The van der Waals surface area contributed by atoms with Crippen molar-refractivity contribution in [2.75, 3.05) is 6.54 Å². The van der Waals surface area contributed by atoms with Crippen LogP contribution >= 0.6 is 0 Å². The van der Waals surface area contributed by atoms with Crippen molar-refractivity contribution in [1.29, 1.82) is 0 Å². The van der Waals surface area contributed by atoms with Gasteiger partial charge in [-0.05, 0) is 35.4 Å². The van der Waals surface area contributed by atoms with Crippen molar-refractivity contribution >= 4 is 15.7 Å². The summed E-state index contributed by atoms with van der Waals surface area (Å²) in [7, 11) is -3.82. The van der Waals surface area contributed by atoms with Gasteiger partial charge in [-0.3, -0.25) is 4.79 Å². The maximum absolute atomic E-state index is 13.2. The molecule has 0 saturated carbocycles. The number of benzene rings is 3. The van der Waals surface area contributed by atoms with Crippen LogP contribution in [0.5, 0.6) is 0 Å². The van der Waals surface area contributed by atoms with E-state index in [9.17, 15) is 17.6 Å². The maximum atomic E-state index is 13.2. The molecule has 4 nitrogen and oxygen atoms in total. The molecule has 144 valence electrons. The SMILES string of the molecule is O=C(Cc1ccccc1)NCC(c1ccccc1)S(=O)(=O)c1ccc(F)cc1. The zero-order valence-electron chi connectivity index (χ0n) is 15.1. The van der Waals surface area contributed by atoms with Gasteiger partial charge in [-0.1, -0.05) is 60.7 Å². The van der Waals surface area contributed by atoms with Crippen LogP contribution in [0.15, 0.2) is 89.8 Å². The Morgan fingerprint density at radius 2 is 1.43 bits per heavy atom. The molecule has 0 fully saturated rings. The lowest BCUT2D eigenvalue weighted by atomic mass is 10.1. The van der Waals surface area contributed by atoms with Gasteiger partial charge in [-0.25, -0.2) is 12.8 Å². The number of sulfone groups is 1. The first-order chi connectivity index (χ1) is 13.5. The molecule has 0 spiro atoms. The van der Waals surface area contributed by atoms with Crippen LogP contribution in [0.4, 0.5) is 4.39 Å². The van der Waals surface area contributed by atoms with Gasteiger partial charge < -0.3 is 5.32 Å². The number of hydrogen-bond acceptors (Lipinski definition) is 3. The lowest BCUT2D eigenvalue weighted by molar-refractivity contribution is -0.120. The average Bonchev–Trinajstić information content (AvgIpc) is 2.70. The molecule has 1 atom stereocenters. The molecular formula is C22H20FNO3S. The van der Waals surface area contributed by atoms with Gasteiger partial charge in [0.05, 0.1) is 11.3 Å². The molecule has 0 bridgehead atoms.